The molecule has 7 rings (SSSR count). The predicted molar refractivity (Wildman–Crippen MR) is 234 cm³/mol. The largest absolute Gasteiger partial charge is 0.465 e. The van der Waals surface area contributed by atoms with Gasteiger partial charge in [0.1, 0.15) is 0 Å². The smallest absolute Gasteiger partial charge is 0.337 e. The maximum Gasteiger partial charge on any atom is 0.337 e. The maximum absolute atomic E-state index is 14.4. The highest BCUT2D eigenvalue weighted by Crippen LogP contribution is 2.76. The van der Waals surface area contributed by atoms with Crippen LogP contribution in [0.5, 0.6) is 0 Å². The highest BCUT2D eigenvalue weighted by atomic mass is 35.5. The molecule has 3 fully saturated rings. The Labute approximate surface area is 353 Å². The van der Waals surface area contributed by atoms with Gasteiger partial charge in [-0.15, -0.1) is 0 Å². The van der Waals surface area contributed by atoms with Crippen LogP contribution in [0.15, 0.2) is 65.8 Å². The number of likely N-dealkylation sites (N-methyl/N-ethyl adjacent to an activating group) is 1. The number of benzene rings is 2. The Morgan fingerprint density at radius 2 is 1.57 bits per heavy atom. The average Bonchev–Trinajstić information content (AvgIpc) is 3.46. The summed E-state index contributed by atoms with van der Waals surface area (Å²) in [5.74, 6) is 1.34. The second-order valence-electron chi connectivity index (χ2n) is 20.6. The SMILES string of the molecule is COC(=O)c1ccc(C2=CC[C@@]3(C)C(CC[C@]4(C)C3CCC3C5=C(C(C)C)C(=O)C[C@]5(NC(=O)CN(CCN(C)C)Cc5ccc(Cl)cc5)CC[C@]34C)C2(C)C)cc1. The van der Waals surface area contributed by atoms with Crippen molar-refractivity contribution in [2.75, 3.05) is 40.8 Å². The van der Waals surface area contributed by atoms with Crippen molar-refractivity contribution in [1.82, 2.24) is 15.1 Å². The highest BCUT2D eigenvalue weighted by molar-refractivity contribution is 6.30. The predicted octanol–water partition coefficient (Wildman–Crippen LogP) is 10.0. The van der Waals surface area contributed by atoms with E-state index in [0.29, 0.717) is 35.4 Å². The van der Waals surface area contributed by atoms with Crippen LogP contribution in [-0.2, 0) is 20.9 Å². The molecule has 8 heteroatoms. The van der Waals surface area contributed by atoms with Gasteiger partial charge in [-0.25, -0.2) is 4.79 Å². The van der Waals surface area contributed by atoms with Crippen LogP contribution in [-0.4, -0.2) is 73.8 Å². The van der Waals surface area contributed by atoms with Gasteiger partial charge in [0.05, 0.1) is 24.8 Å². The van der Waals surface area contributed by atoms with E-state index in [2.05, 4.69) is 95.9 Å². The molecule has 5 aliphatic carbocycles. The van der Waals surface area contributed by atoms with Gasteiger partial charge in [0.2, 0.25) is 5.91 Å². The number of allylic oxidation sites excluding steroid dienone is 3. The lowest BCUT2D eigenvalue weighted by molar-refractivity contribution is -0.194. The number of esters is 1. The minimum atomic E-state index is -0.621. The number of fused-ring (bicyclic) bond motifs is 7. The van der Waals surface area contributed by atoms with E-state index in [1.807, 2.05) is 36.4 Å². The second kappa shape index (κ2) is 15.6. The lowest BCUT2D eigenvalue weighted by Crippen LogP contribution is -2.66. The summed E-state index contributed by atoms with van der Waals surface area (Å²) in [4.78, 5) is 45.2. The van der Waals surface area contributed by atoms with E-state index in [1.165, 1.54) is 23.8 Å². The minimum absolute atomic E-state index is 0.00238. The summed E-state index contributed by atoms with van der Waals surface area (Å²) in [6, 6.07) is 15.9. The van der Waals surface area contributed by atoms with Crippen molar-refractivity contribution >= 4 is 34.8 Å². The summed E-state index contributed by atoms with van der Waals surface area (Å²) in [7, 11) is 5.55. The Balaban J connectivity index is 1.17. The first kappa shape index (κ1) is 42.8. The molecular weight excluding hydrogens is 742 g/mol. The van der Waals surface area contributed by atoms with Crippen LogP contribution < -0.4 is 5.32 Å². The number of hydrogen-bond acceptors (Lipinski definition) is 6. The van der Waals surface area contributed by atoms with E-state index >= 15 is 0 Å². The molecule has 5 aliphatic rings. The average molecular weight is 811 g/mol. The van der Waals surface area contributed by atoms with Gasteiger partial charge in [0.15, 0.2) is 5.78 Å². The van der Waals surface area contributed by atoms with E-state index < -0.39 is 5.54 Å². The van der Waals surface area contributed by atoms with Gasteiger partial charge in [-0.2, -0.15) is 0 Å². The molecule has 314 valence electrons. The first-order valence-electron chi connectivity index (χ1n) is 21.9. The molecular formula is C50H68ClN3O4. The first-order valence-corrected chi connectivity index (χ1v) is 22.3. The van der Waals surface area contributed by atoms with E-state index in [0.717, 1.165) is 69.2 Å². The Morgan fingerprint density at radius 3 is 2.21 bits per heavy atom. The number of nitrogens with one attached hydrogen (secondary N) is 1. The summed E-state index contributed by atoms with van der Waals surface area (Å²) in [5, 5.41) is 4.33. The van der Waals surface area contributed by atoms with Crippen molar-refractivity contribution in [1.29, 1.82) is 0 Å². The van der Waals surface area contributed by atoms with Gasteiger partial charge in [0, 0.05) is 31.1 Å². The van der Waals surface area contributed by atoms with Gasteiger partial charge >= 0.3 is 5.97 Å². The third-order valence-corrected chi connectivity index (χ3v) is 16.8. The molecule has 0 spiro atoms. The van der Waals surface area contributed by atoms with Gasteiger partial charge in [-0.3, -0.25) is 14.5 Å². The number of halogens is 1. The third kappa shape index (κ3) is 7.13. The number of carbonyl (C=O) groups is 3. The summed E-state index contributed by atoms with van der Waals surface area (Å²) in [6.45, 7) is 19.5. The van der Waals surface area contributed by atoms with Gasteiger partial charge in [-0.1, -0.05) is 90.4 Å². The van der Waals surface area contributed by atoms with Gasteiger partial charge in [0.25, 0.3) is 0 Å². The Bertz CT molecular complexity index is 1980. The van der Waals surface area contributed by atoms with Crippen LogP contribution in [0.25, 0.3) is 5.57 Å². The topological polar surface area (TPSA) is 78.9 Å². The van der Waals surface area contributed by atoms with Crippen molar-refractivity contribution in [3.05, 3.63) is 87.5 Å². The molecule has 58 heavy (non-hydrogen) atoms. The zero-order chi connectivity index (χ0) is 42.0. The molecule has 1 amide bonds. The number of nitrogens with zero attached hydrogens (tertiary/aromatic N) is 2. The number of Topliss-reactive ketones (excluding diaryl/α,β-unsaturated/α-hetero) is 1. The molecule has 1 N–H and O–H groups in total. The molecule has 2 aromatic carbocycles. The van der Waals surface area contributed by atoms with Crippen LogP contribution in [0.1, 0.15) is 121 Å². The number of ketones is 1. The molecule has 0 aromatic heterocycles. The fourth-order valence-electron chi connectivity index (χ4n) is 13.7. The van der Waals surface area contributed by atoms with E-state index in [4.69, 9.17) is 16.3 Å². The number of rotatable bonds is 11. The molecule has 0 heterocycles. The maximum atomic E-state index is 14.4. The van der Waals surface area contributed by atoms with E-state index in [9.17, 15) is 14.4 Å². The van der Waals surface area contributed by atoms with Crippen LogP contribution >= 0.6 is 11.6 Å². The lowest BCUT2D eigenvalue weighted by Gasteiger charge is -2.71. The Hall–Kier alpha value is -3.26. The normalized spacial score (nSPS) is 32.7. The fraction of sp³-hybridized carbons (Fsp3) is 0.620. The third-order valence-electron chi connectivity index (χ3n) is 16.6. The van der Waals surface area contributed by atoms with Crippen molar-refractivity contribution < 1.29 is 19.1 Å². The molecule has 3 saturated carbocycles. The first-order chi connectivity index (χ1) is 27.3. The molecule has 7 atom stereocenters. The monoisotopic (exact) mass is 809 g/mol. The number of amides is 1. The Morgan fingerprint density at radius 1 is 0.879 bits per heavy atom. The zero-order valence-corrected chi connectivity index (χ0v) is 37.7. The summed E-state index contributed by atoms with van der Waals surface area (Å²) in [5.41, 5.74) is 6.11. The quantitative estimate of drug-likeness (QED) is 0.228. The lowest BCUT2D eigenvalue weighted by atomic mass is 9.33. The zero-order valence-electron chi connectivity index (χ0n) is 36.9. The van der Waals surface area contributed by atoms with E-state index in [-0.39, 0.29) is 57.7 Å². The van der Waals surface area contributed by atoms with Gasteiger partial charge in [-0.05, 0) is 156 Å². The van der Waals surface area contributed by atoms with Crippen molar-refractivity contribution in [2.24, 2.45) is 45.3 Å². The minimum Gasteiger partial charge on any atom is -0.465 e. The molecule has 3 unspecified atom stereocenters. The molecule has 7 nitrogen and oxygen atoms in total. The number of carbonyl (C=O) groups excluding carboxylic acids is 3. The fourth-order valence-corrected chi connectivity index (χ4v) is 13.8. The van der Waals surface area contributed by atoms with Crippen molar-refractivity contribution in [2.45, 2.75) is 112 Å². The molecule has 0 radical (unpaired) electrons. The molecule has 0 bridgehead atoms. The van der Waals surface area contributed by atoms with Crippen LogP contribution in [0.2, 0.25) is 5.02 Å². The molecule has 2 aromatic rings. The Kier molecular flexibility index (Phi) is 11.6. The van der Waals surface area contributed by atoms with Crippen LogP contribution in [0.3, 0.4) is 0 Å². The van der Waals surface area contributed by atoms with Crippen LogP contribution in [0.4, 0.5) is 0 Å². The summed E-state index contributed by atoms with van der Waals surface area (Å²) >= 11 is 6.21. The second-order valence-corrected chi connectivity index (χ2v) is 21.0. The van der Waals surface area contributed by atoms with Gasteiger partial charge < -0.3 is 15.0 Å². The van der Waals surface area contributed by atoms with E-state index in [1.54, 1.807) is 0 Å². The molecule has 0 saturated heterocycles. The molecule has 0 aliphatic heterocycles. The summed E-state index contributed by atoms with van der Waals surface area (Å²) in [6.07, 6.45) is 10.2. The van der Waals surface area contributed by atoms with Crippen LogP contribution in [0, 0.1) is 45.3 Å². The number of methoxy groups -OCH3 is 1. The standard InChI is InChI=1S/C50H68ClN3O4/c1-32(2)43-39(55)29-50(52-42(56)31-54(28-27-53(8)9)30-33-11-17-36(51)18-12-33)26-25-48(6)38(44(43)50)19-20-41-47(5)23-21-37(34-13-15-35(16-14-34)45(57)58-10)46(3,4)40(47)22-24-49(41,48)7/h11-18,21,32,38,40-41H,19-20,22-31H2,1-10H3,(H,52,56)/t38?,40?,41?,47-,48+,49+,50+/m0/s1. The number of hydrogen-bond donors (Lipinski definition) is 1. The van der Waals surface area contributed by atoms with Crippen molar-refractivity contribution in [3.63, 3.8) is 0 Å². The summed E-state index contributed by atoms with van der Waals surface area (Å²) < 4.78 is 4.97. The van der Waals surface area contributed by atoms with Crippen molar-refractivity contribution in [3.8, 4) is 0 Å². The number of ether oxygens (including phenoxy) is 1. The highest BCUT2D eigenvalue weighted by Gasteiger charge is 2.69.